The molecule has 156 valence electrons. The van der Waals surface area contributed by atoms with E-state index in [0.29, 0.717) is 38.4 Å². The predicted octanol–water partition coefficient (Wildman–Crippen LogP) is 3.77. The van der Waals surface area contributed by atoms with Crippen LogP contribution in [0, 0.1) is 0 Å². The predicted molar refractivity (Wildman–Crippen MR) is 116 cm³/mol. The van der Waals surface area contributed by atoms with Gasteiger partial charge in [0.1, 0.15) is 11.4 Å². The Bertz CT molecular complexity index is 807. The number of carbonyl (C=O) groups excluding carboxylic acids is 2. The highest BCUT2D eigenvalue weighted by Gasteiger charge is 2.26. The highest BCUT2D eigenvalue weighted by atomic mass is 32.1. The summed E-state index contributed by atoms with van der Waals surface area (Å²) in [5, 5.41) is 6.92. The lowest BCUT2D eigenvalue weighted by atomic mass is 10.2. The number of amides is 2. The third-order valence-corrected chi connectivity index (χ3v) is 5.26. The summed E-state index contributed by atoms with van der Waals surface area (Å²) in [5.41, 5.74) is 1.67. The number of aromatic nitrogens is 1. The first kappa shape index (κ1) is 21.1. The van der Waals surface area contributed by atoms with Gasteiger partial charge in [-0.1, -0.05) is 0 Å². The number of ether oxygens (including phenoxy) is 1. The van der Waals surface area contributed by atoms with Crippen LogP contribution in [0.15, 0.2) is 35.2 Å². The molecule has 0 unspecified atom stereocenters. The van der Waals surface area contributed by atoms with Crippen molar-refractivity contribution in [3.8, 4) is 0 Å². The van der Waals surface area contributed by atoms with Crippen molar-refractivity contribution in [2.75, 3.05) is 36.4 Å². The minimum absolute atomic E-state index is 0.0394. The molecular formula is C21H28N4O3S. The molecular weight excluding hydrogens is 388 g/mol. The van der Waals surface area contributed by atoms with Crippen molar-refractivity contribution in [2.24, 2.45) is 0 Å². The van der Waals surface area contributed by atoms with Crippen molar-refractivity contribution in [1.29, 1.82) is 0 Å². The largest absolute Gasteiger partial charge is 0.444 e. The second kappa shape index (κ2) is 9.26. The van der Waals surface area contributed by atoms with Gasteiger partial charge in [0.05, 0.1) is 11.9 Å². The molecule has 1 saturated heterocycles. The van der Waals surface area contributed by atoms with E-state index >= 15 is 0 Å². The van der Waals surface area contributed by atoms with Crippen LogP contribution in [0.4, 0.5) is 16.3 Å². The topological polar surface area (TPSA) is 74.8 Å². The molecule has 1 aliphatic rings. The summed E-state index contributed by atoms with van der Waals surface area (Å²) in [4.78, 5) is 32.5. The highest BCUT2D eigenvalue weighted by molar-refractivity contribution is 7.07. The third kappa shape index (κ3) is 6.45. The van der Waals surface area contributed by atoms with Crippen molar-refractivity contribution < 1.29 is 14.3 Å². The van der Waals surface area contributed by atoms with Crippen LogP contribution < -0.4 is 10.2 Å². The van der Waals surface area contributed by atoms with Crippen molar-refractivity contribution in [3.05, 3.63) is 40.7 Å². The minimum Gasteiger partial charge on any atom is -0.444 e. The van der Waals surface area contributed by atoms with Crippen LogP contribution in [0.1, 0.15) is 32.8 Å². The monoisotopic (exact) mass is 416 g/mol. The number of hydrogen-bond acceptors (Lipinski definition) is 6. The number of thiophene rings is 1. The van der Waals surface area contributed by atoms with Crippen molar-refractivity contribution in [3.63, 3.8) is 0 Å². The van der Waals surface area contributed by atoms with Gasteiger partial charge in [0.25, 0.3) is 0 Å². The Hall–Kier alpha value is -2.61. The maximum absolute atomic E-state index is 12.2. The lowest BCUT2D eigenvalue weighted by Gasteiger charge is -2.36. The second-order valence-electron chi connectivity index (χ2n) is 8.04. The summed E-state index contributed by atoms with van der Waals surface area (Å²) in [6.07, 6.45) is 2.66. The van der Waals surface area contributed by atoms with Crippen LogP contribution in [0.25, 0.3) is 0 Å². The molecule has 1 fully saturated rings. The fraction of sp³-hybridized carbons (Fsp3) is 0.476. The molecule has 3 rings (SSSR count). The van der Waals surface area contributed by atoms with E-state index in [-0.39, 0.29) is 12.0 Å². The standard InChI is InChI=1S/C21H28N4O3S/c1-21(2,3)28-20(27)25-11-9-24(10-12-25)17-5-6-18(22-14-17)23-19(26)7-4-16-8-13-29-15-16/h5-6,8,13-15H,4,7,9-12H2,1-3H3,(H,22,23,26). The van der Waals surface area contributed by atoms with Gasteiger partial charge in [0.2, 0.25) is 5.91 Å². The van der Waals surface area contributed by atoms with Crippen LogP contribution in [0.2, 0.25) is 0 Å². The highest BCUT2D eigenvalue weighted by Crippen LogP contribution is 2.19. The Labute approximate surface area is 175 Å². The molecule has 0 saturated carbocycles. The summed E-state index contributed by atoms with van der Waals surface area (Å²) in [5.74, 6) is 0.513. The van der Waals surface area contributed by atoms with Gasteiger partial charge in [-0.05, 0) is 61.7 Å². The molecule has 1 aliphatic heterocycles. The fourth-order valence-corrected chi connectivity index (χ4v) is 3.72. The van der Waals surface area contributed by atoms with E-state index in [1.54, 1.807) is 22.4 Å². The quantitative estimate of drug-likeness (QED) is 0.803. The molecule has 8 heteroatoms. The van der Waals surface area contributed by atoms with Gasteiger partial charge in [-0.3, -0.25) is 4.79 Å². The van der Waals surface area contributed by atoms with E-state index in [2.05, 4.69) is 20.6 Å². The van der Waals surface area contributed by atoms with Gasteiger partial charge >= 0.3 is 6.09 Å². The van der Waals surface area contributed by atoms with Crippen molar-refractivity contribution >= 4 is 34.8 Å². The summed E-state index contributed by atoms with van der Waals surface area (Å²) in [6.45, 7) is 8.26. The van der Waals surface area contributed by atoms with E-state index in [1.165, 1.54) is 5.56 Å². The lowest BCUT2D eigenvalue weighted by Crippen LogP contribution is -2.50. The summed E-state index contributed by atoms with van der Waals surface area (Å²) in [7, 11) is 0. The summed E-state index contributed by atoms with van der Waals surface area (Å²) >= 11 is 1.64. The first-order valence-electron chi connectivity index (χ1n) is 9.80. The van der Waals surface area contributed by atoms with Gasteiger partial charge in [-0.15, -0.1) is 0 Å². The van der Waals surface area contributed by atoms with E-state index in [1.807, 2.05) is 44.4 Å². The van der Waals surface area contributed by atoms with Crippen LogP contribution >= 0.6 is 11.3 Å². The molecule has 3 heterocycles. The van der Waals surface area contributed by atoms with Crippen LogP contribution in [-0.4, -0.2) is 53.7 Å². The molecule has 0 bridgehead atoms. The van der Waals surface area contributed by atoms with E-state index in [4.69, 9.17) is 4.74 Å². The van der Waals surface area contributed by atoms with Crippen LogP contribution in [-0.2, 0) is 16.0 Å². The molecule has 2 amide bonds. The Morgan fingerprint density at radius 3 is 2.52 bits per heavy atom. The second-order valence-corrected chi connectivity index (χ2v) is 8.82. The molecule has 0 atom stereocenters. The zero-order chi connectivity index (χ0) is 20.9. The molecule has 29 heavy (non-hydrogen) atoms. The first-order valence-corrected chi connectivity index (χ1v) is 10.7. The third-order valence-electron chi connectivity index (χ3n) is 4.53. The number of aryl methyl sites for hydroxylation is 1. The van der Waals surface area contributed by atoms with Crippen LogP contribution in [0.3, 0.4) is 0 Å². The van der Waals surface area contributed by atoms with E-state index < -0.39 is 5.60 Å². The van der Waals surface area contributed by atoms with E-state index in [9.17, 15) is 9.59 Å². The first-order chi connectivity index (χ1) is 13.8. The number of carbonyl (C=O) groups is 2. The molecule has 1 N–H and O–H groups in total. The zero-order valence-corrected chi connectivity index (χ0v) is 18.0. The number of piperazine rings is 1. The average Bonchev–Trinajstić information content (AvgIpc) is 3.19. The molecule has 2 aromatic heterocycles. The lowest BCUT2D eigenvalue weighted by molar-refractivity contribution is -0.116. The number of hydrogen-bond donors (Lipinski definition) is 1. The van der Waals surface area contributed by atoms with Crippen molar-refractivity contribution in [1.82, 2.24) is 9.88 Å². The molecule has 7 nitrogen and oxygen atoms in total. The smallest absolute Gasteiger partial charge is 0.410 e. The summed E-state index contributed by atoms with van der Waals surface area (Å²) in [6, 6.07) is 5.80. The number of rotatable bonds is 5. The number of nitrogens with zero attached hydrogens (tertiary/aromatic N) is 3. The molecule has 0 aliphatic carbocycles. The van der Waals surface area contributed by atoms with Gasteiger partial charge in [0, 0.05) is 32.6 Å². The van der Waals surface area contributed by atoms with Gasteiger partial charge in [-0.2, -0.15) is 11.3 Å². The average molecular weight is 417 g/mol. The molecule has 0 radical (unpaired) electrons. The maximum atomic E-state index is 12.2. The Balaban J connectivity index is 1.45. The van der Waals surface area contributed by atoms with Crippen LogP contribution in [0.5, 0.6) is 0 Å². The Morgan fingerprint density at radius 2 is 1.93 bits per heavy atom. The van der Waals surface area contributed by atoms with E-state index in [0.717, 1.165) is 12.1 Å². The molecule has 0 spiro atoms. The SMILES string of the molecule is CC(C)(C)OC(=O)N1CCN(c2ccc(NC(=O)CCc3ccsc3)nc2)CC1. The summed E-state index contributed by atoms with van der Waals surface area (Å²) < 4.78 is 5.43. The Kier molecular flexibility index (Phi) is 6.74. The van der Waals surface area contributed by atoms with Gasteiger partial charge < -0.3 is 19.9 Å². The molecule has 2 aromatic rings. The maximum Gasteiger partial charge on any atom is 0.410 e. The fourth-order valence-electron chi connectivity index (χ4n) is 3.02. The number of pyridine rings is 1. The minimum atomic E-state index is -0.484. The number of nitrogens with one attached hydrogen (secondary N) is 1. The van der Waals surface area contributed by atoms with Gasteiger partial charge in [0.15, 0.2) is 0 Å². The van der Waals surface area contributed by atoms with Gasteiger partial charge in [-0.25, -0.2) is 9.78 Å². The van der Waals surface area contributed by atoms with Crippen molar-refractivity contribution in [2.45, 2.75) is 39.2 Å². The Morgan fingerprint density at radius 1 is 1.17 bits per heavy atom. The zero-order valence-electron chi connectivity index (χ0n) is 17.2. The normalized spacial score (nSPS) is 14.6. The number of anilines is 2. The molecule has 0 aromatic carbocycles.